The van der Waals surface area contributed by atoms with Crippen LogP contribution in [-0.2, 0) is 6.54 Å². The van der Waals surface area contributed by atoms with Crippen molar-refractivity contribution in [1.29, 1.82) is 0 Å². The third kappa shape index (κ3) is 2.94. The SMILES string of the molecule is Nc1nc(NCc2ccccc2F)nc(-n2cccn2)n1. The predicted molar refractivity (Wildman–Crippen MR) is 75.1 cm³/mol. The van der Waals surface area contributed by atoms with Crippen LogP contribution in [-0.4, -0.2) is 24.7 Å². The number of rotatable bonds is 4. The Kier molecular flexibility index (Phi) is 3.42. The Labute approximate surface area is 119 Å². The zero-order valence-corrected chi connectivity index (χ0v) is 10.9. The molecule has 0 atom stereocenters. The number of hydrogen-bond donors (Lipinski definition) is 2. The number of nitrogens with one attached hydrogen (secondary N) is 1. The smallest absolute Gasteiger partial charge is 0.257 e. The lowest BCUT2D eigenvalue weighted by atomic mass is 10.2. The van der Waals surface area contributed by atoms with Crippen molar-refractivity contribution in [3.05, 3.63) is 54.1 Å². The molecule has 3 aromatic rings. The number of nitrogens with two attached hydrogens (primary N) is 1. The van der Waals surface area contributed by atoms with Gasteiger partial charge in [0.25, 0.3) is 5.95 Å². The van der Waals surface area contributed by atoms with E-state index in [2.05, 4.69) is 25.4 Å². The molecular formula is C13H12FN7. The molecule has 0 aliphatic rings. The van der Waals surface area contributed by atoms with Crippen LogP contribution in [0.15, 0.2) is 42.7 Å². The molecular weight excluding hydrogens is 273 g/mol. The molecule has 8 heteroatoms. The first-order valence-corrected chi connectivity index (χ1v) is 6.21. The maximum Gasteiger partial charge on any atom is 0.257 e. The average Bonchev–Trinajstić information content (AvgIpc) is 3.00. The molecule has 0 bridgehead atoms. The summed E-state index contributed by atoms with van der Waals surface area (Å²) in [6.07, 6.45) is 3.29. The van der Waals surface area contributed by atoms with E-state index in [1.807, 2.05) is 0 Å². The molecule has 2 aromatic heterocycles. The second-order valence-corrected chi connectivity index (χ2v) is 4.21. The second kappa shape index (κ2) is 5.53. The molecule has 0 aliphatic heterocycles. The first kappa shape index (κ1) is 13.0. The van der Waals surface area contributed by atoms with Gasteiger partial charge in [-0.1, -0.05) is 18.2 Å². The molecule has 0 amide bonds. The number of aromatic nitrogens is 5. The summed E-state index contributed by atoms with van der Waals surface area (Å²) in [5.41, 5.74) is 6.16. The van der Waals surface area contributed by atoms with Gasteiger partial charge in [0, 0.05) is 24.5 Å². The quantitative estimate of drug-likeness (QED) is 0.752. The van der Waals surface area contributed by atoms with E-state index in [4.69, 9.17) is 5.73 Å². The lowest BCUT2D eigenvalue weighted by Gasteiger charge is -2.07. The van der Waals surface area contributed by atoms with Crippen molar-refractivity contribution in [1.82, 2.24) is 24.7 Å². The fraction of sp³-hybridized carbons (Fsp3) is 0.0769. The maximum atomic E-state index is 13.5. The zero-order chi connectivity index (χ0) is 14.7. The van der Waals surface area contributed by atoms with Crippen molar-refractivity contribution in [3.8, 4) is 5.95 Å². The Morgan fingerprint density at radius 3 is 2.76 bits per heavy atom. The molecule has 0 spiro atoms. The minimum Gasteiger partial charge on any atom is -0.368 e. The lowest BCUT2D eigenvalue weighted by Crippen LogP contribution is -2.11. The third-order valence-electron chi connectivity index (χ3n) is 2.75. The van der Waals surface area contributed by atoms with Gasteiger partial charge in [-0.05, 0) is 12.1 Å². The molecule has 0 unspecified atom stereocenters. The van der Waals surface area contributed by atoms with Crippen molar-refractivity contribution < 1.29 is 4.39 Å². The standard InChI is InChI=1S/C13H12FN7/c14-10-5-2-1-4-9(10)8-16-12-18-11(15)19-13(20-12)21-7-3-6-17-21/h1-7H,8H2,(H3,15,16,18,19,20). The zero-order valence-electron chi connectivity index (χ0n) is 10.9. The minimum atomic E-state index is -0.292. The van der Waals surface area contributed by atoms with E-state index in [1.54, 1.807) is 36.7 Å². The van der Waals surface area contributed by atoms with E-state index in [1.165, 1.54) is 10.7 Å². The van der Waals surface area contributed by atoms with Gasteiger partial charge in [-0.3, -0.25) is 0 Å². The molecule has 106 valence electrons. The molecule has 1 aromatic carbocycles. The van der Waals surface area contributed by atoms with Crippen LogP contribution in [0.5, 0.6) is 0 Å². The number of benzene rings is 1. The van der Waals surface area contributed by atoms with Gasteiger partial charge in [-0.15, -0.1) is 0 Å². The predicted octanol–water partition coefficient (Wildman–Crippen LogP) is 1.39. The monoisotopic (exact) mass is 285 g/mol. The van der Waals surface area contributed by atoms with Crippen molar-refractivity contribution in [2.45, 2.75) is 6.54 Å². The van der Waals surface area contributed by atoms with Crippen LogP contribution in [0.2, 0.25) is 0 Å². The summed E-state index contributed by atoms with van der Waals surface area (Å²) in [5.74, 6) is 0.325. The number of anilines is 2. The van der Waals surface area contributed by atoms with Crippen LogP contribution in [0.3, 0.4) is 0 Å². The van der Waals surface area contributed by atoms with Crippen LogP contribution in [0, 0.1) is 5.82 Å². The number of halogens is 1. The Morgan fingerprint density at radius 1 is 1.14 bits per heavy atom. The summed E-state index contributed by atoms with van der Waals surface area (Å²) in [7, 11) is 0. The summed E-state index contributed by atoms with van der Waals surface area (Å²) >= 11 is 0. The molecule has 0 radical (unpaired) electrons. The Hall–Kier alpha value is -3.03. The van der Waals surface area contributed by atoms with Crippen LogP contribution < -0.4 is 11.1 Å². The normalized spacial score (nSPS) is 10.5. The molecule has 0 aliphatic carbocycles. The molecule has 7 nitrogen and oxygen atoms in total. The van der Waals surface area contributed by atoms with Gasteiger partial charge in [0.1, 0.15) is 5.82 Å². The van der Waals surface area contributed by atoms with Crippen molar-refractivity contribution >= 4 is 11.9 Å². The van der Waals surface area contributed by atoms with Crippen molar-refractivity contribution in [2.24, 2.45) is 0 Å². The van der Waals surface area contributed by atoms with Gasteiger partial charge in [0.15, 0.2) is 0 Å². The van der Waals surface area contributed by atoms with Gasteiger partial charge in [0.2, 0.25) is 11.9 Å². The van der Waals surface area contributed by atoms with Crippen LogP contribution in [0.25, 0.3) is 5.95 Å². The second-order valence-electron chi connectivity index (χ2n) is 4.21. The molecule has 2 heterocycles. The first-order chi connectivity index (χ1) is 10.2. The first-order valence-electron chi connectivity index (χ1n) is 6.21. The maximum absolute atomic E-state index is 13.5. The van der Waals surface area contributed by atoms with Crippen molar-refractivity contribution in [3.63, 3.8) is 0 Å². The summed E-state index contributed by atoms with van der Waals surface area (Å²) in [6.45, 7) is 0.245. The van der Waals surface area contributed by atoms with E-state index in [0.29, 0.717) is 11.5 Å². The summed E-state index contributed by atoms with van der Waals surface area (Å²) in [6, 6.07) is 8.22. The summed E-state index contributed by atoms with van der Waals surface area (Å²) < 4.78 is 15.0. The van der Waals surface area contributed by atoms with Crippen LogP contribution in [0.4, 0.5) is 16.3 Å². The Balaban J connectivity index is 1.81. The van der Waals surface area contributed by atoms with Gasteiger partial charge in [-0.25, -0.2) is 9.07 Å². The molecule has 21 heavy (non-hydrogen) atoms. The fourth-order valence-electron chi connectivity index (χ4n) is 1.77. The largest absolute Gasteiger partial charge is 0.368 e. The van der Waals surface area contributed by atoms with E-state index in [9.17, 15) is 4.39 Å². The Morgan fingerprint density at radius 2 is 2.00 bits per heavy atom. The fourth-order valence-corrected chi connectivity index (χ4v) is 1.77. The van der Waals surface area contributed by atoms with E-state index < -0.39 is 0 Å². The highest BCUT2D eigenvalue weighted by molar-refractivity contribution is 5.36. The third-order valence-corrected chi connectivity index (χ3v) is 2.75. The van der Waals surface area contributed by atoms with Gasteiger partial charge in [-0.2, -0.15) is 20.1 Å². The van der Waals surface area contributed by atoms with Crippen LogP contribution in [0.1, 0.15) is 5.56 Å². The van der Waals surface area contributed by atoms with Gasteiger partial charge < -0.3 is 11.1 Å². The van der Waals surface area contributed by atoms with E-state index in [-0.39, 0.29) is 24.3 Å². The highest BCUT2D eigenvalue weighted by Crippen LogP contribution is 2.10. The number of nitrogen functional groups attached to an aromatic ring is 1. The topological polar surface area (TPSA) is 94.5 Å². The summed E-state index contributed by atoms with van der Waals surface area (Å²) in [5, 5.41) is 6.94. The average molecular weight is 285 g/mol. The van der Waals surface area contributed by atoms with Gasteiger partial charge >= 0.3 is 0 Å². The molecule has 0 saturated heterocycles. The minimum absolute atomic E-state index is 0.0616. The molecule has 3 N–H and O–H groups in total. The van der Waals surface area contributed by atoms with E-state index in [0.717, 1.165) is 0 Å². The van der Waals surface area contributed by atoms with Gasteiger partial charge in [0.05, 0.1) is 0 Å². The highest BCUT2D eigenvalue weighted by Gasteiger charge is 2.07. The van der Waals surface area contributed by atoms with E-state index >= 15 is 0 Å². The lowest BCUT2D eigenvalue weighted by molar-refractivity contribution is 0.612. The Bertz CT molecular complexity index is 742. The number of nitrogens with zero attached hydrogens (tertiary/aromatic N) is 5. The number of hydrogen-bond acceptors (Lipinski definition) is 6. The molecule has 3 rings (SSSR count). The highest BCUT2D eigenvalue weighted by atomic mass is 19.1. The summed E-state index contributed by atoms with van der Waals surface area (Å²) in [4.78, 5) is 12.1. The van der Waals surface area contributed by atoms with Crippen LogP contribution >= 0.6 is 0 Å². The molecule has 0 fully saturated rings. The molecule has 0 saturated carbocycles. The van der Waals surface area contributed by atoms with Crippen molar-refractivity contribution in [2.75, 3.05) is 11.1 Å².